The summed E-state index contributed by atoms with van der Waals surface area (Å²) < 4.78 is 12.0. The van der Waals surface area contributed by atoms with Crippen LogP contribution >= 0.6 is 27.5 Å². The molecule has 6 heteroatoms. The van der Waals surface area contributed by atoms with Gasteiger partial charge in [-0.25, -0.2) is 0 Å². The van der Waals surface area contributed by atoms with Crippen molar-refractivity contribution in [2.75, 3.05) is 25.7 Å². The first-order valence-corrected chi connectivity index (χ1v) is 10.2. The quantitative estimate of drug-likeness (QED) is 0.407. The van der Waals surface area contributed by atoms with Crippen LogP contribution in [-0.4, -0.2) is 42.0 Å². The third-order valence-electron chi connectivity index (χ3n) is 4.41. The van der Waals surface area contributed by atoms with Crippen molar-refractivity contribution in [3.05, 3.63) is 58.1 Å². The fourth-order valence-electron chi connectivity index (χ4n) is 2.63. The van der Waals surface area contributed by atoms with Crippen molar-refractivity contribution in [3.8, 4) is 11.5 Å². The summed E-state index contributed by atoms with van der Waals surface area (Å²) in [5.41, 5.74) is 2.09. The topological polar surface area (TPSA) is 58.9 Å². The first-order valence-electron chi connectivity index (χ1n) is 8.89. The van der Waals surface area contributed by atoms with E-state index < -0.39 is 6.10 Å². The lowest BCUT2D eigenvalue weighted by molar-refractivity contribution is 0.125. The number of aliphatic hydroxyl groups is 2. The molecule has 4 nitrogen and oxygen atoms in total. The molecule has 0 fully saturated rings. The Balaban J connectivity index is 2.12. The van der Waals surface area contributed by atoms with Crippen LogP contribution < -0.4 is 9.47 Å². The second kappa shape index (κ2) is 10.3. The van der Waals surface area contributed by atoms with Crippen LogP contribution in [0.15, 0.2) is 46.9 Å². The highest BCUT2D eigenvalue weighted by molar-refractivity contribution is 9.10. The summed E-state index contributed by atoms with van der Waals surface area (Å²) in [6.45, 7) is 5.11. The SMILES string of the molecule is CC(C)(c1ccc(OCCCO)cc1)c1ccc(OCC(O)CCl)c(Br)c1. The normalized spacial score (nSPS) is 12.7. The highest BCUT2D eigenvalue weighted by atomic mass is 79.9. The molecule has 1 unspecified atom stereocenters. The van der Waals surface area contributed by atoms with Gasteiger partial charge in [0.25, 0.3) is 0 Å². The fourth-order valence-corrected chi connectivity index (χ4v) is 3.21. The zero-order chi connectivity index (χ0) is 19.9. The summed E-state index contributed by atoms with van der Waals surface area (Å²) in [7, 11) is 0. The number of aliphatic hydroxyl groups excluding tert-OH is 2. The van der Waals surface area contributed by atoms with E-state index in [1.807, 2.05) is 30.3 Å². The molecule has 0 bridgehead atoms. The molecule has 0 amide bonds. The summed E-state index contributed by atoms with van der Waals surface area (Å²) in [6, 6.07) is 14.0. The van der Waals surface area contributed by atoms with Gasteiger partial charge in [-0.3, -0.25) is 0 Å². The van der Waals surface area contributed by atoms with E-state index >= 15 is 0 Å². The molecule has 148 valence electrons. The van der Waals surface area contributed by atoms with Crippen LogP contribution in [0.25, 0.3) is 0 Å². The van der Waals surface area contributed by atoms with Gasteiger partial charge in [0.05, 0.1) is 17.0 Å². The second-order valence-corrected chi connectivity index (χ2v) is 8.00. The van der Waals surface area contributed by atoms with Gasteiger partial charge in [0, 0.05) is 18.4 Å². The van der Waals surface area contributed by atoms with E-state index in [9.17, 15) is 5.11 Å². The van der Waals surface area contributed by atoms with Crippen LogP contribution in [0.5, 0.6) is 11.5 Å². The minimum absolute atomic E-state index is 0.130. The minimum Gasteiger partial charge on any atom is -0.494 e. The Morgan fingerprint density at radius 2 is 1.74 bits per heavy atom. The van der Waals surface area contributed by atoms with Gasteiger partial charge in [-0.05, 0) is 51.3 Å². The van der Waals surface area contributed by atoms with Gasteiger partial charge in [0.1, 0.15) is 24.2 Å². The molecule has 0 saturated carbocycles. The molecular weight excluding hydrogens is 432 g/mol. The zero-order valence-corrected chi connectivity index (χ0v) is 18.0. The molecule has 2 aromatic rings. The predicted molar refractivity (Wildman–Crippen MR) is 112 cm³/mol. The molecule has 0 aromatic heterocycles. The van der Waals surface area contributed by atoms with Gasteiger partial charge in [-0.15, -0.1) is 11.6 Å². The molecule has 27 heavy (non-hydrogen) atoms. The van der Waals surface area contributed by atoms with Crippen LogP contribution in [0.2, 0.25) is 0 Å². The molecule has 1 atom stereocenters. The Hall–Kier alpha value is -1.27. The second-order valence-electron chi connectivity index (χ2n) is 6.84. The summed E-state index contributed by atoms with van der Waals surface area (Å²) in [5.74, 6) is 1.61. The average molecular weight is 458 g/mol. The van der Waals surface area contributed by atoms with Crippen molar-refractivity contribution in [1.82, 2.24) is 0 Å². The zero-order valence-electron chi connectivity index (χ0n) is 15.6. The standard InChI is InChI=1S/C21H26BrClO4/c1-21(2,15-4-7-18(8-5-15)26-11-3-10-24)16-6-9-20(19(22)12-16)27-14-17(25)13-23/h4-9,12,17,24-25H,3,10-11,13-14H2,1-2H3. The Morgan fingerprint density at radius 1 is 1.07 bits per heavy atom. The predicted octanol–water partition coefficient (Wildman–Crippen LogP) is 4.51. The molecule has 0 heterocycles. The van der Waals surface area contributed by atoms with Crippen LogP contribution in [0.1, 0.15) is 31.4 Å². The van der Waals surface area contributed by atoms with Gasteiger partial charge >= 0.3 is 0 Å². The fraction of sp³-hybridized carbons (Fsp3) is 0.429. The van der Waals surface area contributed by atoms with Crippen LogP contribution in [0.4, 0.5) is 0 Å². The molecule has 2 N–H and O–H groups in total. The van der Waals surface area contributed by atoms with Gasteiger partial charge in [-0.1, -0.05) is 32.0 Å². The first kappa shape index (κ1) is 22.0. The lowest BCUT2D eigenvalue weighted by Crippen LogP contribution is -2.20. The van der Waals surface area contributed by atoms with Gasteiger partial charge in [-0.2, -0.15) is 0 Å². The summed E-state index contributed by atoms with van der Waals surface area (Å²) >= 11 is 9.15. The molecule has 0 radical (unpaired) electrons. The largest absolute Gasteiger partial charge is 0.494 e. The highest BCUT2D eigenvalue weighted by Crippen LogP contribution is 2.36. The first-order chi connectivity index (χ1) is 12.9. The van der Waals surface area contributed by atoms with E-state index in [0.29, 0.717) is 18.8 Å². The maximum absolute atomic E-state index is 9.54. The van der Waals surface area contributed by atoms with Crippen molar-refractivity contribution in [2.45, 2.75) is 31.8 Å². The molecule has 0 aliphatic heterocycles. The van der Waals surface area contributed by atoms with E-state index in [0.717, 1.165) is 21.3 Å². The lowest BCUT2D eigenvalue weighted by atomic mass is 9.78. The van der Waals surface area contributed by atoms with E-state index in [2.05, 4.69) is 41.9 Å². The third kappa shape index (κ3) is 6.11. The Kier molecular flexibility index (Phi) is 8.42. The van der Waals surface area contributed by atoms with E-state index in [1.54, 1.807) is 0 Å². The molecular formula is C21H26BrClO4. The maximum Gasteiger partial charge on any atom is 0.133 e. The van der Waals surface area contributed by atoms with Crippen LogP contribution in [0, 0.1) is 0 Å². The van der Waals surface area contributed by atoms with Crippen molar-refractivity contribution in [2.24, 2.45) is 0 Å². The number of benzene rings is 2. The van der Waals surface area contributed by atoms with E-state index in [1.165, 1.54) is 0 Å². The number of ether oxygens (including phenoxy) is 2. The molecule has 2 aromatic carbocycles. The van der Waals surface area contributed by atoms with Crippen molar-refractivity contribution < 1.29 is 19.7 Å². The van der Waals surface area contributed by atoms with Gasteiger partial charge < -0.3 is 19.7 Å². The maximum atomic E-state index is 9.54. The Morgan fingerprint density at radius 3 is 2.33 bits per heavy atom. The smallest absolute Gasteiger partial charge is 0.133 e. The summed E-state index contributed by atoms with van der Waals surface area (Å²) in [6.07, 6.45) is -0.0646. The Labute approximate surface area is 174 Å². The molecule has 0 aliphatic carbocycles. The molecule has 0 saturated heterocycles. The third-order valence-corrected chi connectivity index (χ3v) is 5.39. The summed E-state index contributed by atoms with van der Waals surface area (Å²) in [5, 5.41) is 18.4. The monoisotopic (exact) mass is 456 g/mol. The number of halogens is 2. The van der Waals surface area contributed by atoms with Gasteiger partial charge in [0.15, 0.2) is 0 Å². The lowest BCUT2D eigenvalue weighted by Gasteiger charge is -2.27. The van der Waals surface area contributed by atoms with Crippen molar-refractivity contribution in [3.63, 3.8) is 0 Å². The van der Waals surface area contributed by atoms with E-state index in [4.69, 9.17) is 26.2 Å². The minimum atomic E-state index is -0.687. The molecule has 2 rings (SSSR count). The Bertz CT molecular complexity index is 719. The number of rotatable bonds is 10. The number of alkyl halides is 1. The number of hydrogen-bond donors (Lipinski definition) is 2. The van der Waals surface area contributed by atoms with E-state index in [-0.39, 0.29) is 24.5 Å². The van der Waals surface area contributed by atoms with Gasteiger partial charge in [0.2, 0.25) is 0 Å². The van der Waals surface area contributed by atoms with Crippen molar-refractivity contribution >= 4 is 27.5 Å². The van der Waals surface area contributed by atoms with Crippen molar-refractivity contribution in [1.29, 1.82) is 0 Å². The number of hydrogen-bond acceptors (Lipinski definition) is 4. The highest BCUT2D eigenvalue weighted by Gasteiger charge is 2.24. The molecule has 0 aliphatic rings. The average Bonchev–Trinajstić information content (AvgIpc) is 2.67. The molecule has 0 spiro atoms. The summed E-state index contributed by atoms with van der Waals surface area (Å²) in [4.78, 5) is 0. The van der Waals surface area contributed by atoms with Crippen LogP contribution in [-0.2, 0) is 5.41 Å². The van der Waals surface area contributed by atoms with Crippen LogP contribution in [0.3, 0.4) is 0 Å².